The summed E-state index contributed by atoms with van der Waals surface area (Å²) in [6, 6.07) is 5.32. The molecule has 2 N–H and O–H groups in total. The van der Waals surface area contributed by atoms with Crippen molar-refractivity contribution in [3.8, 4) is 11.5 Å². The van der Waals surface area contributed by atoms with Crippen molar-refractivity contribution < 1.29 is 14.3 Å². The molecule has 0 atom stereocenters. The van der Waals surface area contributed by atoms with Gasteiger partial charge in [-0.1, -0.05) is 6.07 Å². The minimum Gasteiger partial charge on any atom is -0.496 e. The van der Waals surface area contributed by atoms with Crippen LogP contribution in [0.2, 0.25) is 0 Å². The Hall–Kier alpha value is -1.75. The summed E-state index contributed by atoms with van der Waals surface area (Å²) in [5.41, 5.74) is 6.16. The first-order chi connectivity index (χ1) is 8.10. The van der Waals surface area contributed by atoms with Gasteiger partial charge in [0.1, 0.15) is 11.5 Å². The smallest absolute Gasteiger partial charge is 0.415 e. The lowest BCUT2D eigenvalue weighted by molar-refractivity contribution is 0.163. The lowest BCUT2D eigenvalue weighted by Crippen LogP contribution is -2.34. The van der Waals surface area contributed by atoms with Gasteiger partial charge in [0.2, 0.25) is 0 Å². The lowest BCUT2D eigenvalue weighted by atomic mass is 10.2. The van der Waals surface area contributed by atoms with Gasteiger partial charge in [0.25, 0.3) is 0 Å². The summed E-state index contributed by atoms with van der Waals surface area (Å²) in [5, 5.41) is 0. The van der Waals surface area contributed by atoms with Crippen LogP contribution in [0.15, 0.2) is 18.2 Å². The quantitative estimate of drug-likeness (QED) is 0.861. The van der Waals surface area contributed by atoms with Crippen molar-refractivity contribution in [1.29, 1.82) is 0 Å². The Morgan fingerprint density at radius 3 is 2.65 bits per heavy atom. The van der Waals surface area contributed by atoms with Crippen LogP contribution in [-0.4, -0.2) is 38.2 Å². The van der Waals surface area contributed by atoms with Crippen LogP contribution in [0.1, 0.15) is 5.56 Å². The number of benzene rings is 1. The molecule has 5 nitrogen and oxygen atoms in total. The Balaban J connectivity index is 2.78. The predicted molar refractivity (Wildman–Crippen MR) is 65.4 cm³/mol. The van der Waals surface area contributed by atoms with E-state index in [1.807, 2.05) is 13.0 Å². The molecule has 0 saturated carbocycles. The predicted octanol–water partition coefficient (Wildman–Crippen LogP) is 1.39. The number of rotatable bonds is 4. The fraction of sp³-hybridized carbons (Fsp3) is 0.417. The molecule has 0 aliphatic carbocycles. The van der Waals surface area contributed by atoms with Gasteiger partial charge in [-0.25, -0.2) is 4.79 Å². The molecule has 0 spiro atoms. The molecule has 0 aromatic heterocycles. The van der Waals surface area contributed by atoms with Crippen molar-refractivity contribution in [3.63, 3.8) is 0 Å². The molecule has 1 aromatic rings. The van der Waals surface area contributed by atoms with Gasteiger partial charge in [-0.3, -0.25) is 0 Å². The van der Waals surface area contributed by atoms with Crippen LogP contribution in [0.4, 0.5) is 4.79 Å². The lowest BCUT2D eigenvalue weighted by Gasteiger charge is -2.17. The maximum absolute atomic E-state index is 11.7. The van der Waals surface area contributed by atoms with Crippen LogP contribution < -0.4 is 15.2 Å². The minimum absolute atomic E-state index is 0.405. The molecule has 0 aliphatic heterocycles. The monoisotopic (exact) mass is 238 g/mol. The standard InChI is InChI=1S/C12H18N2O3/c1-9-10(16-3)5-4-6-11(9)17-12(15)14(2)8-7-13/h4-6H,7-8,13H2,1-3H3. The van der Waals surface area contributed by atoms with Crippen LogP contribution >= 0.6 is 0 Å². The second-order valence-corrected chi connectivity index (χ2v) is 3.66. The fourth-order valence-electron chi connectivity index (χ4n) is 1.38. The van der Waals surface area contributed by atoms with Crippen LogP contribution in [0.3, 0.4) is 0 Å². The maximum atomic E-state index is 11.7. The highest BCUT2D eigenvalue weighted by atomic mass is 16.6. The van der Waals surface area contributed by atoms with E-state index in [4.69, 9.17) is 15.2 Å². The molecule has 0 saturated heterocycles. The van der Waals surface area contributed by atoms with Crippen LogP contribution in [0, 0.1) is 6.92 Å². The van der Waals surface area contributed by atoms with E-state index in [0.717, 1.165) is 5.56 Å². The molecular weight excluding hydrogens is 220 g/mol. The number of amides is 1. The SMILES string of the molecule is COc1cccc(OC(=O)N(C)CCN)c1C. The van der Waals surface area contributed by atoms with Gasteiger partial charge in [0.05, 0.1) is 7.11 Å². The Labute approximate surface area is 101 Å². The molecule has 0 heterocycles. The van der Waals surface area contributed by atoms with E-state index in [0.29, 0.717) is 24.6 Å². The molecule has 0 unspecified atom stereocenters. The first-order valence-corrected chi connectivity index (χ1v) is 5.36. The van der Waals surface area contributed by atoms with Crippen molar-refractivity contribution in [2.45, 2.75) is 6.92 Å². The molecule has 0 bridgehead atoms. The van der Waals surface area contributed by atoms with Gasteiger partial charge in [-0.15, -0.1) is 0 Å². The Kier molecular flexibility index (Phi) is 4.78. The highest BCUT2D eigenvalue weighted by Gasteiger charge is 2.13. The number of carbonyl (C=O) groups excluding carboxylic acids is 1. The zero-order valence-electron chi connectivity index (χ0n) is 10.4. The molecule has 5 heteroatoms. The number of nitrogens with zero attached hydrogens (tertiary/aromatic N) is 1. The highest BCUT2D eigenvalue weighted by Crippen LogP contribution is 2.27. The van der Waals surface area contributed by atoms with Crippen molar-refractivity contribution in [2.75, 3.05) is 27.2 Å². The average Bonchev–Trinajstić information content (AvgIpc) is 2.32. The number of likely N-dealkylation sites (N-methyl/N-ethyl adjacent to an activating group) is 1. The summed E-state index contributed by atoms with van der Waals surface area (Å²) in [6.45, 7) is 2.70. The number of methoxy groups -OCH3 is 1. The van der Waals surface area contributed by atoms with E-state index < -0.39 is 6.09 Å². The van der Waals surface area contributed by atoms with Gasteiger partial charge in [-0.2, -0.15) is 0 Å². The maximum Gasteiger partial charge on any atom is 0.415 e. The number of hydrogen-bond acceptors (Lipinski definition) is 4. The fourth-order valence-corrected chi connectivity index (χ4v) is 1.38. The summed E-state index contributed by atoms with van der Waals surface area (Å²) < 4.78 is 10.4. The molecule has 1 aromatic carbocycles. The highest BCUT2D eigenvalue weighted by molar-refractivity contribution is 5.71. The van der Waals surface area contributed by atoms with Gasteiger partial charge in [0.15, 0.2) is 0 Å². The van der Waals surface area contributed by atoms with Crippen molar-refractivity contribution >= 4 is 6.09 Å². The zero-order valence-corrected chi connectivity index (χ0v) is 10.4. The van der Waals surface area contributed by atoms with E-state index in [-0.39, 0.29) is 0 Å². The normalized spacial score (nSPS) is 9.88. The topological polar surface area (TPSA) is 64.8 Å². The van der Waals surface area contributed by atoms with Crippen LogP contribution in [-0.2, 0) is 0 Å². The molecule has 17 heavy (non-hydrogen) atoms. The average molecular weight is 238 g/mol. The van der Waals surface area contributed by atoms with Gasteiger partial charge in [-0.05, 0) is 19.1 Å². The third-order valence-electron chi connectivity index (χ3n) is 2.43. The number of ether oxygens (including phenoxy) is 2. The molecule has 94 valence electrons. The van der Waals surface area contributed by atoms with Crippen LogP contribution in [0.5, 0.6) is 11.5 Å². The van der Waals surface area contributed by atoms with E-state index >= 15 is 0 Å². The number of nitrogens with two attached hydrogens (primary N) is 1. The number of hydrogen-bond donors (Lipinski definition) is 1. The molecule has 0 radical (unpaired) electrons. The summed E-state index contributed by atoms with van der Waals surface area (Å²) in [4.78, 5) is 13.1. The van der Waals surface area contributed by atoms with Gasteiger partial charge in [0, 0.05) is 25.7 Å². The minimum atomic E-state index is -0.424. The molecule has 1 amide bonds. The summed E-state index contributed by atoms with van der Waals surface area (Å²) in [5.74, 6) is 1.19. The van der Waals surface area contributed by atoms with E-state index in [1.54, 1.807) is 26.3 Å². The second kappa shape index (κ2) is 6.10. The summed E-state index contributed by atoms with van der Waals surface area (Å²) in [7, 11) is 3.22. The third-order valence-corrected chi connectivity index (χ3v) is 2.43. The zero-order chi connectivity index (χ0) is 12.8. The molecule has 1 rings (SSSR count). The summed E-state index contributed by atoms with van der Waals surface area (Å²) in [6.07, 6.45) is -0.424. The van der Waals surface area contributed by atoms with Crippen molar-refractivity contribution in [3.05, 3.63) is 23.8 Å². The summed E-state index contributed by atoms with van der Waals surface area (Å²) >= 11 is 0. The Morgan fingerprint density at radius 2 is 2.06 bits per heavy atom. The number of carbonyl (C=O) groups is 1. The molecule has 0 fully saturated rings. The van der Waals surface area contributed by atoms with E-state index in [9.17, 15) is 4.79 Å². The van der Waals surface area contributed by atoms with Crippen molar-refractivity contribution in [2.24, 2.45) is 5.73 Å². The molecular formula is C12H18N2O3. The van der Waals surface area contributed by atoms with Gasteiger partial charge < -0.3 is 20.1 Å². The molecule has 0 aliphatic rings. The first kappa shape index (κ1) is 13.3. The Bertz CT molecular complexity index is 393. The second-order valence-electron chi connectivity index (χ2n) is 3.66. The van der Waals surface area contributed by atoms with Crippen LogP contribution in [0.25, 0.3) is 0 Å². The van der Waals surface area contributed by atoms with Gasteiger partial charge >= 0.3 is 6.09 Å². The van der Waals surface area contributed by atoms with E-state index in [2.05, 4.69) is 0 Å². The Morgan fingerprint density at radius 1 is 1.41 bits per heavy atom. The third kappa shape index (κ3) is 3.35. The van der Waals surface area contributed by atoms with Crippen molar-refractivity contribution in [1.82, 2.24) is 4.90 Å². The first-order valence-electron chi connectivity index (χ1n) is 5.36. The largest absolute Gasteiger partial charge is 0.496 e. The van der Waals surface area contributed by atoms with E-state index in [1.165, 1.54) is 4.90 Å².